The molecular weight excluding hydrogens is 284 g/mol. The Morgan fingerprint density at radius 1 is 1.00 bits per heavy atom. The Morgan fingerprint density at radius 3 is 2.41 bits per heavy atom. The van der Waals surface area contributed by atoms with Crippen molar-refractivity contribution in [2.75, 3.05) is 0 Å². The van der Waals surface area contributed by atoms with E-state index in [1.807, 2.05) is 13.0 Å². The van der Waals surface area contributed by atoms with Crippen LogP contribution in [-0.2, 0) is 12.0 Å². The molecule has 2 aromatic carbocycles. The van der Waals surface area contributed by atoms with E-state index in [1.165, 1.54) is 30.6 Å². The quantitative estimate of drug-likeness (QED) is 0.737. The fraction of sp³-hybridized carbons (Fsp3) is 0.176. The minimum absolute atomic E-state index is 0.300. The first kappa shape index (κ1) is 14.4. The molecule has 3 aromatic rings. The van der Waals surface area contributed by atoms with Gasteiger partial charge in [-0.15, -0.1) is 0 Å². The van der Waals surface area contributed by atoms with Crippen LogP contribution in [-0.4, -0.2) is 14.8 Å². The third-order valence-corrected chi connectivity index (χ3v) is 3.89. The minimum Gasteiger partial charge on any atom is -0.252 e. The highest BCUT2D eigenvalue weighted by atomic mass is 19.1. The molecule has 0 amide bonds. The third-order valence-electron chi connectivity index (χ3n) is 3.89. The first-order valence-electron chi connectivity index (χ1n) is 6.92. The Bertz CT molecular complexity index is 754. The summed E-state index contributed by atoms with van der Waals surface area (Å²) in [5, 5.41) is 4.13. The van der Waals surface area contributed by atoms with Gasteiger partial charge in [0, 0.05) is 5.41 Å². The molecule has 0 fully saturated rings. The van der Waals surface area contributed by atoms with Crippen LogP contribution in [0.25, 0.3) is 0 Å². The number of hydrogen-bond donors (Lipinski definition) is 0. The molecule has 5 heteroatoms. The van der Waals surface area contributed by atoms with Crippen LogP contribution in [0.4, 0.5) is 8.78 Å². The zero-order valence-corrected chi connectivity index (χ0v) is 12.1. The molecule has 22 heavy (non-hydrogen) atoms. The van der Waals surface area contributed by atoms with E-state index in [4.69, 9.17) is 0 Å². The molecule has 3 rings (SSSR count). The van der Waals surface area contributed by atoms with E-state index in [1.54, 1.807) is 29.2 Å². The van der Waals surface area contributed by atoms with E-state index in [0.717, 1.165) is 11.1 Å². The summed E-state index contributed by atoms with van der Waals surface area (Å²) in [7, 11) is 0. The normalized spacial score (nSPS) is 13.8. The van der Waals surface area contributed by atoms with E-state index in [-0.39, 0.29) is 11.6 Å². The molecule has 0 spiro atoms. The zero-order chi connectivity index (χ0) is 15.6. The number of benzene rings is 2. The molecule has 1 aromatic heterocycles. The molecule has 0 aliphatic carbocycles. The topological polar surface area (TPSA) is 30.7 Å². The second-order valence-corrected chi connectivity index (χ2v) is 5.44. The van der Waals surface area contributed by atoms with Crippen LogP contribution in [0.5, 0.6) is 0 Å². The van der Waals surface area contributed by atoms with Crippen molar-refractivity contribution >= 4 is 0 Å². The molecule has 0 saturated heterocycles. The Morgan fingerprint density at radius 2 is 1.77 bits per heavy atom. The number of rotatable bonds is 4. The Hall–Kier alpha value is -2.56. The van der Waals surface area contributed by atoms with E-state index >= 15 is 0 Å². The first-order valence-corrected chi connectivity index (χ1v) is 6.92. The smallest absolute Gasteiger partial charge is 0.137 e. The van der Waals surface area contributed by atoms with E-state index in [0.29, 0.717) is 6.54 Å². The lowest BCUT2D eigenvalue weighted by atomic mass is 9.76. The lowest BCUT2D eigenvalue weighted by Crippen LogP contribution is -2.30. The number of hydrogen-bond acceptors (Lipinski definition) is 2. The van der Waals surface area contributed by atoms with Crippen molar-refractivity contribution in [1.29, 1.82) is 0 Å². The van der Waals surface area contributed by atoms with Gasteiger partial charge in [-0.3, -0.25) is 4.68 Å². The third kappa shape index (κ3) is 2.74. The molecule has 3 nitrogen and oxygen atoms in total. The molecule has 0 radical (unpaired) electrons. The molecule has 0 N–H and O–H groups in total. The van der Waals surface area contributed by atoms with Crippen molar-refractivity contribution < 1.29 is 8.78 Å². The van der Waals surface area contributed by atoms with Crippen molar-refractivity contribution in [3.05, 3.63) is 83.9 Å². The standard InChI is InChI=1S/C17H15F2N3/c1-17(10-22-12-20-11-21-22,13-5-7-15(18)8-6-13)14-3-2-4-16(19)9-14/h2-9,11-12H,10H2,1H3. The van der Waals surface area contributed by atoms with Crippen LogP contribution in [0.3, 0.4) is 0 Å². The highest BCUT2D eigenvalue weighted by molar-refractivity contribution is 5.38. The van der Waals surface area contributed by atoms with Crippen molar-refractivity contribution in [2.45, 2.75) is 18.9 Å². The predicted molar refractivity (Wildman–Crippen MR) is 79.3 cm³/mol. The summed E-state index contributed by atoms with van der Waals surface area (Å²) in [6.45, 7) is 2.46. The van der Waals surface area contributed by atoms with Crippen molar-refractivity contribution in [3.8, 4) is 0 Å². The van der Waals surface area contributed by atoms with Gasteiger partial charge in [-0.1, -0.05) is 24.3 Å². The van der Waals surface area contributed by atoms with E-state index in [9.17, 15) is 8.78 Å². The van der Waals surface area contributed by atoms with Gasteiger partial charge in [0.1, 0.15) is 24.3 Å². The molecule has 0 saturated carbocycles. The summed E-state index contributed by atoms with van der Waals surface area (Å²) in [6.07, 6.45) is 3.07. The zero-order valence-electron chi connectivity index (χ0n) is 12.1. The lowest BCUT2D eigenvalue weighted by Gasteiger charge is -2.31. The van der Waals surface area contributed by atoms with Crippen LogP contribution in [0.2, 0.25) is 0 Å². The second kappa shape index (κ2) is 5.67. The maximum atomic E-state index is 13.7. The number of aromatic nitrogens is 3. The summed E-state index contributed by atoms with van der Waals surface area (Å²) in [5.41, 5.74) is 1.13. The van der Waals surface area contributed by atoms with Crippen LogP contribution in [0.1, 0.15) is 18.1 Å². The van der Waals surface area contributed by atoms with Gasteiger partial charge >= 0.3 is 0 Å². The molecule has 1 heterocycles. The van der Waals surface area contributed by atoms with E-state index in [2.05, 4.69) is 10.1 Å². The Balaban J connectivity index is 2.10. The highest BCUT2D eigenvalue weighted by Crippen LogP contribution is 2.34. The summed E-state index contributed by atoms with van der Waals surface area (Å²) in [6, 6.07) is 12.7. The number of halogens is 2. The molecule has 0 aliphatic heterocycles. The van der Waals surface area contributed by atoms with Gasteiger partial charge in [0.15, 0.2) is 0 Å². The Labute approximate surface area is 127 Å². The van der Waals surface area contributed by atoms with Crippen molar-refractivity contribution in [1.82, 2.24) is 14.8 Å². The van der Waals surface area contributed by atoms with Crippen molar-refractivity contribution in [3.63, 3.8) is 0 Å². The fourth-order valence-electron chi connectivity index (χ4n) is 2.64. The number of nitrogens with zero attached hydrogens (tertiary/aromatic N) is 3. The average molecular weight is 299 g/mol. The van der Waals surface area contributed by atoms with Crippen molar-refractivity contribution in [2.24, 2.45) is 0 Å². The summed E-state index contributed by atoms with van der Waals surface area (Å²) >= 11 is 0. The van der Waals surface area contributed by atoms with E-state index < -0.39 is 5.41 Å². The molecule has 0 aliphatic rings. The van der Waals surface area contributed by atoms with Gasteiger partial charge in [0.2, 0.25) is 0 Å². The second-order valence-electron chi connectivity index (χ2n) is 5.44. The van der Waals surface area contributed by atoms with Crippen LogP contribution >= 0.6 is 0 Å². The van der Waals surface area contributed by atoms with Gasteiger partial charge in [0.05, 0.1) is 6.54 Å². The Kier molecular flexibility index (Phi) is 3.71. The van der Waals surface area contributed by atoms with Crippen LogP contribution < -0.4 is 0 Å². The molecule has 1 unspecified atom stereocenters. The largest absolute Gasteiger partial charge is 0.252 e. The van der Waals surface area contributed by atoms with Gasteiger partial charge in [0.25, 0.3) is 0 Å². The molecule has 112 valence electrons. The predicted octanol–water partition coefficient (Wildman–Crippen LogP) is 3.56. The van der Waals surface area contributed by atoms with Gasteiger partial charge in [-0.25, -0.2) is 13.8 Å². The fourth-order valence-corrected chi connectivity index (χ4v) is 2.64. The summed E-state index contributed by atoms with van der Waals surface area (Å²) in [5.74, 6) is -0.601. The maximum Gasteiger partial charge on any atom is 0.137 e. The summed E-state index contributed by atoms with van der Waals surface area (Å²) < 4.78 is 28.6. The first-order chi connectivity index (χ1) is 10.6. The molecule has 0 bridgehead atoms. The minimum atomic E-state index is -0.552. The van der Waals surface area contributed by atoms with Crippen LogP contribution in [0, 0.1) is 11.6 Å². The lowest BCUT2D eigenvalue weighted by molar-refractivity contribution is 0.434. The molecular formula is C17H15F2N3. The van der Waals surface area contributed by atoms with Crippen LogP contribution in [0.15, 0.2) is 61.2 Å². The monoisotopic (exact) mass is 299 g/mol. The van der Waals surface area contributed by atoms with Gasteiger partial charge in [-0.2, -0.15) is 5.10 Å². The highest BCUT2D eigenvalue weighted by Gasteiger charge is 2.30. The SMILES string of the molecule is CC(Cn1cncn1)(c1ccc(F)cc1)c1cccc(F)c1. The average Bonchev–Trinajstić information content (AvgIpc) is 3.00. The van der Waals surface area contributed by atoms with Gasteiger partial charge in [-0.05, 0) is 42.3 Å². The van der Waals surface area contributed by atoms with Gasteiger partial charge < -0.3 is 0 Å². The maximum absolute atomic E-state index is 13.7. The molecule has 1 atom stereocenters. The summed E-state index contributed by atoms with van der Waals surface area (Å²) in [4.78, 5) is 3.94.